The molecule has 59 heavy (non-hydrogen) atoms. The van der Waals surface area contributed by atoms with Crippen LogP contribution in [-0.4, -0.2) is 0 Å². The lowest BCUT2D eigenvalue weighted by molar-refractivity contribution is 0.420. The van der Waals surface area contributed by atoms with Gasteiger partial charge in [-0.15, -0.1) is 0 Å². The standard InChI is InChI=1S/C58H51N/c1-38(2)48-21-12-13-23-50(48)57-49-22-11-10-16-41(49)29-34-55(57)59(46-30-27-42(28-31-46)52-36-40-25-26-43(52)35-40)47-32-33-51-54(37-47)58(44-17-6-4-7-18-44,45-19-8-5-9-20-45)53-24-14-15-39(3)56(51)53/h4-24,27-34,37-38,40,43,52H,25-26,35-36H2,1-3H3. The summed E-state index contributed by atoms with van der Waals surface area (Å²) in [6, 6.07) is 69.1. The molecule has 0 radical (unpaired) electrons. The van der Waals surface area contributed by atoms with Crippen LogP contribution in [0, 0.1) is 18.8 Å². The lowest BCUT2D eigenvalue weighted by atomic mass is 9.67. The van der Waals surface area contributed by atoms with Crippen LogP contribution in [0.5, 0.6) is 0 Å². The Morgan fingerprint density at radius 3 is 1.95 bits per heavy atom. The van der Waals surface area contributed by atoms with Gasteiger partial charge >= 0.3 is 0 Å². The van der Waals surface area contributed by atoms with Gasteiger partial charge < -0.3 is 4.90 Å². The maximum absolute atomic E-state index is 2.57. The van der Waals surface area contributed by atoms with Gasteiger partial charge in [-0.05, 0) is 147 Å². The Bertz CT molecular complexity index is 2790. The molecule has 2 fully saturated rings. The normalized spacial score (nSPS) is 18.6. The Morgan fingerprint density at radius 2 is 1.24 bits per heavy atom. The van der Waals surface area contributed by atoms with Gasteiger partial charge in [0.15, 0.2) is 0 Å². The summed E-state index contributed by atoms with van der Waals surface area (Å²) in [7, 11) is 0. The highest BCUT2D eigenvalue weighted by Gasteiger charge is 2.47. The van der Waals surface area contributed by atoms with Gasteiger partial charge in [-0.25, -0.2) is 0 Å². The Balaban J connectivity index is 1.20. The minimum absolute atomic E-state index is 0.367. The number of aryl methyl sites for hydroxylation is 1. The van der Waals surface area contributed by atoms with Crippen LogP contribution in [0.3, 0.4) is 0 Å². The molecule has 3 aliphatic carbocycles. The summed E-state index contributed by atoms with van der Waals surface area (Å²) in [6.45, 7) is 6.92. The van der Waals surface area contributed by atoms with Crippen LogP contribution in [0.4, 0.5) is 17.1 Å². The minimum Gasteiger partial charge on any atom is -0.310 e. The molecule has 0 aromatic heterocycles. The van der Waals surface area contributed by atoms with E-state index in [0.717, 1.165) is 17.5 Å². The van der Waals surface area contributed by atoms with E-state index in [-0.39, 0.29) is 0 Å². The van der Waals surface area contributed by atoms with E-state index < -0.39 is 5.41 Å². The highest BCUT2D eigenvalue weighted by Crippen LogP contribution is 2.59. The van der Waals surface area contributed by atoms with Gasteiger partial charge in [-0.3, -0.25) is 0 Å². The van der Waals surface area contributed by atoms with Crippen LogP contribution >= 0.6 is 0 Å². The fourth-order valence-corrected chi connectivity index (χ4v) is 11.8. The molecule has 1 heteroatoms. The number of hydrogen-bond acceptors (Lipinski definition) is 1. The minimum atomic E-state index is -0.497. The molecule has 3 atom stereocenters. The number of rotatable bonds is 8. The van der Waals surface area contributed by atoms with Crippen molar-refractivity contribution < 1.29 is 0 Å². The third-order valence-corrected chi connectivity index (χ3v) is 14.3. The van der Waals surface area contributed by atoms with Gasteiger partial charge in [0.25, 0.3) is 0 Å². The molecule has 0 amide bonds. The molecule has 2 bridgehead atoms. The number of benzene rings is 8. The van der Waals surface area contributed by atoms with Crippen LogP contribution in [0.1, 0.15) is 90.3 Å². The first-order chi connectivity index (χ1) is 29.0. The molecule has 0 spiro atoms. The second-order valence-corrected chi connectivity index (χ2v) is 17.8. The van der Waals surface area contributed by atoms with Crippen molar-refractivity contribution in [3.8, 4) is 22.3 Å². The van der Waals surface area contributed by atoms with Crippen molar-refractivity contribution in [2.75, 3.05) is 4.90 Å². The topological polar surface area (TPSA) is 3.24 Å². The Morgan fingerprint density at radius 1 is 0.542 bits per heavy atom. The fourth-order valence-electron chi connectivity index (χ4n) is 11.8. The molecule has 0 N–H and O–H groups in total. The first-order valence-corrected chi connectivity index (χ1v) is 21.9. The van der Waals surface area contributed by atoms with Crippen molar-refractivity contribution in [2.24, 2.45) is 11.8 Å². The summed E-state index contributed by atoms with van der Waals surface area (Å²) in [5.41, 5.74) is 17.7. The zero-order valence-corrected chi connectivity index (χ0v) is 34.4. The van der Waals surface area contributed by atoms with Crippen molar-refractivity contribution >= 4 is 27.8 Å². The molecule has 0 saturated heterocycles. The zero-order chi connectivity index (χ0) is 39.7. The van der Waals surface area contributed by atoms with Crippen molar-refractivity contribution in [3.05, 3.63) is 221 Å². The Labute approximate surface area is 350 Å². The number of nitrogens with zero attached hydrogens (tertiary/aromatic N) is 1. The molecule has 3 aliphatic rings. The third kappa shape index (κ3) is 5.65. The van der Waals surface area contributed by atoms with E-state index in [1.165, 1.54) is 109 Å². The van der Waals surface area contributed by atoms with E-state index in [1.807, 2.05) is 0 Å². The van der Waals surface area contributed by atoms with E-state index >= 15 is 0 Å². The Kier molecular flexibility index (Phi) is 8.70. The third-order valence-electron chi connectivity index (χ3n) is 14.3. The van der Waals surface area contributed by atoms with E-state index in [0.29, 0.717) is 11.8 Å². The molecule has 8 aromatic carbocycles. The van der Waals surface area contributed by atoms with Gasteiger partial charge in [0, 0.05) is 16.9 Å². The smallest absolute Gasteiger partial charge is 0.0714 e. The van der Waals surface area contributed by atoms with Crippen LogP contribution in [-0.2, 0) is 5.41 Å². The summed E-state index contributed by atoms with van der Waals surface area (Å²) in [6.07, 6.45) is 5.57. The zero-order valence-electron chi connectivity index (χ0n) is 34.4. The first-order valence-electron chi connectivity index (χ1n) is 21.9. The van der Waals surface area contributed by atoms with Crippen molar-refractivity contribution in [1.82, 2.24) is 0 Å². The van der Waals surface area contributed by atoms with Crippen LogP contribution in [0.25, 0.3) is 33.0 Å². The summed E-state index contributed by atoms with van der Waals surface area (Å²) in [5.74, 6) is 2.81. The van der Waals surface area contributed by atoms with E-state index in [9.17, 15) is 0 Å². The van der Waals surface area contributed by atoms with Crippen molar-refractivity contribution in [3.63, 3.8) is 0 Å². The fraction of sp³-hybridized carbons (Fsp3) is 0.207. The van der Waals surface area contributed by atoms with E-state index in [4.69, 9.17) is 0 Å². The lowest BCUT2D eigenvalue weighted by Gasteiger charge is -2.35. The molecular formula is C58H51N. The molecule has 288 valence electrons. The average molecular weight is 762 g/mol. The largest absolute Gasteiger partial charge is 0.310 e. The van der Waals surface area contributed by atoms with E-state index in [2.05, 4.69) is 208 Å². The molecule has 11 rings (SSSR count). The highest BCUT2D eigenvalue weighted by atomic mass is 15.1. The van der Waals surface area contributed by atoms with Gasteiger partial charge in [0.2, 0.25) is 0 Å². The van der Waals surface area contributed by atoms with E-state index in [1.54, 1.807) is 0 Å². The van der Waals surface area contributed by atoms with Gasteiger partial charge in [0.1, 0.15) is 0 Å². The molecule has 0 aliphatic heterocycles. The van der Waals surface area contributed by atoms with Gasteiger partial charge in [-0.2, -0.15) is 0 Å². The van der Waals surface area contributed by atoms with Crippen LogP contribution in [0.15, 0.2) is 182 Å². The quantitative estimate of drug-likeness (QED) is 0.149. The second-order valence-electron chi connectivity index (χ2n) is 17.8. The summed E-state index contributed by atoms with van der Waals surface area (Å²) < 4.78 is 0. The predicted octanol–water partition coefficient (Wildman–Crippen LogP) is 15.7. The predicted molar refractivity (Wildman–Crippen MR) is 248 cm³/mol. The summed E-state index contributed by atoms with van der Waals surface area (Å²) in [4.78, 5) is 2.57. The maximum Gasteiger partial charge on any atom is 0.0714 e. The second kappa shape index (κ2) is 14.3. The lowest BCUT2D eigenvalue weighted by Crippen LogP contribution is -2.28. The molecule has 1 nitrogen and oxygen atoms in total. The van der Waals surface area contributed by atoms with Crippen LogP contribution < -0.4 is 4.90 Å². The molecular weight excluding hydrogens is 711 g/mol. The molecule has 0 heterocycles. The SMILES string of the molecule is Cc1cccc2c1-c1ccc(N(c3ccc(C4CC5CCC4C5)cc3)c3ccc4ccccc4c3-c3ccccc3C(C)C)cc1C2(c1ccccc1)c1ccccc1. The maximum atomic E-state index is 2.57. The van der Waals surface area contributed by atoms with Crippen molar-refractivity contribution in [1.29, 1.82) is 0 Å². The number of anilines is 3. The summed E-state index contributed by atoms with van der Waals surface area (Å²) in [5, 5.41) is 2.53. The number of hydrogen-bond donors (Lipinski definition) is 0. The molecule has 8 aromatic rings. The molecule has 2 saturated carbocycles. The number of fused-ring (bicyclic) bond motifs is 6. The van der Waals surface area contributed by atoms with Gasteiger partial charge in [0.05, 0.1) is 11.1 Å². The highest BCUT2D eigenvalue weighted by molar-refractivity contribution is 6.06. The summed E-state index contributed by atoms with van der Waals surface area (Å²) >= 11 is 0. The average Bonchev–Trinajstić information content (AvgIpc) is 4.01. The van der Waals surface area contributed by atoms with Gasteiger partial charge in [-0.1, -0.05) is 172 Å². The Hall–Kier alpha value is -6.18. The van der Waals surface area contributed by atoms with Crippen molar-refractivity contribution in [2.45, 2.75) is 63.7 Å². The van der Waals surface area contributed by atoms with Crippen LogP contribution in [0.2, 0.25) is 0 Å². The monoisotopic (exact) mass is 761 g/mol. The molecule has 3 unspecified atom stereocenters. The first kappa shape index (κ1) is 35.9.